The normalized spacial score (nSPS) is 10.7. The second-order valence-electron chi connectivity index (χ2n) is 4.89. The molecule has 0 aliphatic heterocycles. The second kappa shape index (κ2) is 5.64. The van der Waals surface area contributed by atoms with Crippen molar-refractivity contribution < 1.29 is 18.3 Å². The maximum atomic E-state index is 14.2. The zero-order valence-corrected chi connectivity index (χ0v) is 12.2. The van der Waals surface area contributed by atoms with Crippen molar-refractivity contribution in [3.05, 3.63) is 60.2 Å². The Balaban J connectivity index is 2.12. The molecule has 0 N–H and O–H groups in total. The van der Waals surface area contributed by atoms with Gasteiger partial charge in [0.15, 0.2) is 11.6 Å². The first kappa shape index (κ1) is 14.3. The molecule has 0 aliphatic rings. The van der Waals surface area contributed by atoms with Crippen LogP contribution >= 0.6 is 0 Å². The Morgan fingerprint density at radius 1 is 0.727 bits per heavy atom. The molecule has 0 saturated carbocycles. The standard InChI is InChI=1S/C18H14F2O2/c1-21-14-6-5-11-7-13(4-3-12(11)8-14)15-9-17(20)18(22-2)10-16(15)19/h3-10H,1-2H3. The van der Waals surface area contributed by atoms with Crippen molar-refractivity contribution in [1.29, 1.82) is 0 Å². The third-order valence-electron chi connectivity index (χ3n) is 3.60. The predicted octanol–water partition coefficient (Wildman–Crippen LogP) is 4.80. The molecule has 0 radical (unpaired) electrons. The molecule has 0 spiro atoms. The average molecular weight is 300 g/mol. The van der Waals surface area contributed by atoms with Crippen LogP contribution in [0.3, 0.4) is 0 Å². The number of fused-ring (bicyclic) bond motifs is 1. The molecule has 3 aromatic carbocycles. The Bertz CT molecular complexity index is 844. The summed E-state index contributed by atoms with van der Waals surface area (Å²) in [4.78, 5) is 0. The summed E-state index contributed by atoms with van der Waals surface area (Å²) in [6.07, 6.45) is 0. The van der Waals surface area contributed by atoms with E-state index in [0.29, 0.717) is 5.56 Å². The van der Waals surface area contributed by atoms with E-state index in [1.54, 1.807) is 13.2 Å². The molecule has 0 fully saturated rings. The van der Waals surface area contributed by atoms with Gasteiger partial charge in [-0.05, 0) is 40.6 Å². The van der Waals surface area contributed by atoms with Gasteiger partial charge in [0.05, 0.1) is 14.2 Å². The second-order valence-corrected chi connectivity index (χ2v) is 4.89. The molecular formula is C18H14F2O2. The molecule has 22 heavy (non-hydrogen) atoms. The van der Waals surface area contributed by atoms with Crippen molar-refractivity contribution in [3.63, 3.8) is 0 Å². The summed E-state index contributed by atoms with van der Waals surface area (Å²) < 4.78 is 37.9. The lowest BCUT2D eigenvalue weighted by molar-refractivity contribution is 0.383. The van der Waals surface area contributed by atoms with Gasteiger partial charge in [0.2, 0.25) is 0 Å². The van der Waals surface area contributed by atoms with Gasteiger partial charge in [-0.25, -0.2) is 8.78 Å². The molecule has 0 saturated heterocycles. The van der Waals surface area contributed by atoms with Gasteiger partial charge in [0, 0.05) is 11.6 Å². The Morgan fingerprint density at radius 2 is 1.45 bits per heavy atom. The molecule has 0 amide bonds. The van der Waals surface area contributed by atoms with Gasteiger partial charge >= 0.3 is 0 Å². The van der Waals surface area contributed by atoms with E-state index in [1.165, 1.54) is 7.11 Å². The highest BCUT2D eigenvalue weighted by Gasteiger charge is 2.12. The minimum atomic E-state index is -0.589. The van der Waals surface area contributed by atoms with Crippen molar-refractivity contribution in [2.24, 2.45) is 0 Å². The lowest BCUT2D eigenvalue weighted by Crippen LogP contribution is -1.93. The Morgan fingerprint density at radius 3 is 2.18 bits per heavy atom. The van der Waals surface area contributed by atoms with E-state index in [0.717, 1.165) is 28.7 Å². The third-order valence-corrected chi connectivity index (χ3v) is 3.60. The highest BCUT2D eigenvalue weighted by molar-refractivity contribution is 5.88. The number of benzene rings is 3. The Labute approximate surface area is 126 Å². The van der Waals surface area contributed by atoms with Gasteiger partial charge in [-0.3, -0.25) is 0 Å². The largest absolute Gasteiger partial charge is 0.497 e. The third kappa shape index (κ3) is 2.48. The molecule has 0 unspecified atom stereocenters. The first-order valence-electron chi connectivity index (χ1n) is 6.73. The summed E-state index contributed by atoms with van der Waals surface area (Å²) in [6, 6.07) is 13.2. The smallest absolute Gasteiger partial charge is 0.165 e. The minimum absolute atomic E-state index is 0.105. The number of ether oxygens (including phenoxy) is 2. The molecule has 0 bridgehead atoms. The van der Waals surface area contributed by atoms with Crippen LogP contribution in [0.15, 0.2) is 48.5 Å². The first-order chi connectivity index (χ1) is 10.6. The summed E-state index contributed by atoms with van der Waals surface area (Å²) in [5, 5.41) is 1.89. The average Bonchev–Trinajstić information content (AvgIpc) is 2.55. The van der Waals surface area contributed by atoms with Gasteiger partial charge in [-0.1, -0.05) is 18.2 Å². The number of hydrogen-bond donors (Lipinski definition) is 0. The monoisotopic (exact) mass is 300 g/mol. The van der Waals surface area contributed by atoms with Gasteiger partial charge in [-0.15, -0.1) is 0 Å². The van der Waals surface area contributed by atoms with Gasteiger partial charge in [0.1, 0.15) is 11.6 Å². The number of hydrogen-bond acceptors (Lipinski definition) is 2. The van der Waals surface area contributed by atoms with Crippen molar-refractivity contribution in [3.8, 4) is 22.6 Å². The summed E-state index contributed by atoms with van der Waals surface area (Å²) in [5.41, 5.74) is 0.813. The van der Waals surface area contributed by atoms with Crippen molar-refractivity contribution in [2.75, 3.05) is 14.2 Å². The summed E-state index contributed by atoms with van der Waals surface area (Å²) >= 11 is 0. The van der Waals surface area contributed by atoms with Gasteiger partial charge < -0.3 is 9.47 Å². The van der Waals surface area contributed by atoms with E-state index in [2.05, 4.69) is 0 Å². The summed E-state index contributed by atoms with van der Waals surface area (Å²) in [6.45, 7) is 0. The number of rotatable bonds is 3. The maximum absolute atomic E-state index is 14.2. The van der Waals surface area contributed by atoms with Crippen LogP contribution < -0.4 is 9.47 Å². The van der Waals surface area contributed by atoms with E-state index in [-0.39, 0.29) is 11.3 Å². The molecule has 0 atom stereocenters. The Hall–Kier alpha value is -2.62. The van der Waals surface area contributed by atoms with Crippen LogP contribution in [0.4, 0.5) is 8.78 Å². The van der Waals surface area contributed by atoms with Crippen LogP contribution in [0.1, 0.15) is 0 Å². The fourth-order valence-electron chi connectivity index (χ4n) is 2.42. The molecule has 4 heteroatoms. The molecule has 0 heterocycles. The minimum Gasteiger partial charge on any atom is -0.497 e. The maximum Gasteiger partial charge on any atom is 0.165 e. The lowest BCUT2D eigenvalue weighted by atomic mass is 10.0. The topological polar surface area (TPSA) is 18.5 Å². The van der Waals surface area contributed by atoms with Crippen LogP contribution in [0.25, 0.3) is 21.9 Å². The first-order valence-corrected chi connectivity index (χ1v) is 6.73. The van der Waals surface area contributed by atoms with E-state index >= 15 is 0 Å². The Kier molecular flexibility index (Phi) is 3.67. The van der Waals surface area contributed by atoms with Crippen molar-refractivity contribution in [1.82, 2.24) is 0 Å². The van der Waals surface area contributed by atoms with Crippen LogP contribution in [-0.4, -0.2) is 14.2 Å². The van der Waals surface area contributed by atoms with Crippen LogP contribution in [0, 0.1) is 11.6 Å². The SMILES string of the molecule is COc1ccc2cc(-c3cc(F)c(OC)cc3F)ccc2c1. The molecule has 3 aromatic rings. The zero-order chi connectivity index (χ0) is 15.7. The quantitative estimate of drug-likeness (QED) is 0.691. The molecule has 2 nitrogen and oxygen atoms in total. The van der Waals surface area contributed by atoms with Crippen LogP contribution in [0.2, 0.25) is 0 Å². The lowest BCUT2D eigenvalue weighted by Gasteiger charge is -2.09. The zero-order valence-electron chi connectivity index (χ0n) is 12.2. The van der Waals surface area contributed by atoms with E-state index in [9.17, 15) is 8.78 Å². The van der Waals surface area contributed by atoms with E-state index in [4.69, 9.17) is 9.47 Å². The van der Waals surface area contributed by atoms with Crippen LogP contribution in [-0.2, 0) is 0 Å². The molecule has 112 valence electrons. The molecule has 0 aromatic heterocycles. The van der Waals surface area contributed by atoms with Gasteiger partial charge in [0.25, 0.3) is 0 Å². The molecule has 3 rings (SSSR count). The predicted molar refractivity (Wildman–Crippen MR) is 82.4 cm³/mol. The number of halogens is 2. The van der Waals surface area contributed by atoms with Crippen LogP contribution in [0.5, 0.6) is 11.5 Å². The van der Waals surface area contributed by atoms with Gasteiger partial charge in [-0.2, -0.15) is 0 Å². The number of methoxy groups -OCH3 is 2. The van der Waals surface area contributed by atoms with E-state index < -0.39 is 11.6 Å². The summed E-state index contributed by atoms with van der Waals surface area (Å²) in [5.74, 6) is -0.464. The van der Waals surface area contributed by atoms with Crippen molar-refractivity contribution in [2.45, 2.75) is 0 Å². The molecule has 0 aliphatic carbocycles. The molecular weight excluding hydrogens is 286 g/mol. The van der Waals surface area contributed by atoms with Crippen molar-refractivity contribution >= 4 is 10.8 Å². The van der Waals surface area contributed by atoms with E-state index in [1.807, 2.05) is 30.3 Å². The fraction of sp³-hybridized carbons (Fsp3) is 0.111. The highest BCUT2D eigenvalue weighted by atomic mass is 19.1. The highest BCUT2D eigenvalue weighted by Crippen LogP contribution is 2.31. The fourth-order valence-corrected chi connectivity index (χ4v) is 2.42. The summed E-state index contributed by atoms with van der Waals surface area (Å²) in [7, 11) is 2.91.